The standard InChI is InChI=1S/C14H14BrNO3/c1-2-18-9-12-7-8-13(19-12)14(17)16-11-5-3-10(15)4-6-11/h3-8H,2,9H2,1H3,(H,16,17). The zero-order chi connectivity index (χ0) is 13.7. The quantitative estimate of drug-likeness (QED) is 0.909. The number of benzene rings is 1. The van der Waals surface area contributed by atoms with Gasteiger partial charge >= 0.3 is 0 Å². The lowest BCUT2D eigenvalue weighted by atomic mass is 10.3. The van der Waals surface area contributed by atoms with Gasteiger partial charge in [0, 0.05) is 16.8 Å². The summed E-state index contributed by atoms with van der Waals surface area (Å²) in [6.45, 7) is 2.90. The fraction of sp³-hybridized carbons (Fsp3) is 0.214. The molecule has 1 aromatic carbocycles. The summed E-state index contributed by atoms with van der Waals surface area (Å²) in [6.07, 6.45) is 0. The van der Waals surface area contributed by atoms with Gasteiger partial charge in [0.15, 0.2) is 5.76 Å². The first-order valence-corrected chi connectivity index (χ1v) is 6.71. The second-order valence-corrected chi connectivity index (χ2v) is 4.78. The Bertz CT molecular complexity index is 548. The lowest BCUT2D eigenvalue weighted by Gasteiger charge is -2.03. The summed E-state index contributed by atoms with van der Waals surface area (Å²) in [5.74, 6) is 0.644. The van der Waals surface area contributed by atoms with Crippen molar-refractivity contribution in [3.8, 4) is 0 Å². The molecular weight excluding hydrogens is 310 g/mol. The second kappa shape index (κ2) is 6.54. The summed E-state index contributed by atoms with van der Waals surface area (Å²) in [7, 11) is 0. The van der Waals surface area contributed by atoms with Crippen molar-refractivity contribution in [3.63, 3.8) is 0 Å². The van der Waals surface area contributed by atoms with Gasteiger partial charge in [0.25, 0.3) is 5.91 Å². The van der Waals surface area contributed by atoms with Gasteiger partial charge in [0.1, 0.15) is 12.4 Å². The van der Waals surface area contributed by atoms with E-state index in [-0.39, 0.29) is 11.7 Å². The van der Waals surface area contributed by atoms with Gasteiger partial charge in [-0.05, 0) is 43.3 Å². The highest BCUT2D eigenvalue weighted by Crippen LogP contribution is 2.16. The summed E-state index contributed by atoms with van der Waals surface area (Å²) in [5, 5.41) is 2.76. The predicted molar refractivity (Wildman–Crippen MR) is 76.1 cm³/mol. The summed E-state index contributed by atoms with van der Waals surface area (Å²) in [4.78, 5) is 11.9. The van der Waals surface area contributed by atoms with Crippen LogP contribution in [-0.4, -0.2) is 12.5 Å². The molecule has 1 N–H and O–H groups in total. The molecule has 1 heterocycles. The Morgan fingerprint density at radius 3 is 2.68 bits per heavy atom. The number of hydrogen-bond acceptors (Lipinski definition) is 3. The molecule has 0 radical (unpaired) electrons. The number of carbonyl (C=O) groups excluding carboxylic acids is 1. The van der Waals surface area contributed by atoms with Gasteiger partial charge < -0.3 is 14.5 Å². The summed E-state index contributed by atoms with van der Waals surface area (Å²) >= 11 is 3.34. The van der Waals surface area contributed by atoms with E-state index >= 15 is 0 Å². The Morgan fingerprint density at radius 2 is 2.00 bits per heavy atom. The van der Waals surface area contributed by atoms with Crippen LogP contribution in [0.4, 0.5) is 5.69 Å². The van der Waals surface area contributed by atoms with Crippen molar-refractivity contribution < 1.29 is 13.9 Å². The molecule has 0 atom stereocenters. The van der Waals surface area contributed by atoms with E-state index in [1.54, 1.807) is 12.1 Å². The Labute approximate surface area is 119 Å². The van der Waals surface area contributed by atoms with E-state index in [9.17, 15) is 4.79 Å². The Hall–Kier alpha value is -1.59. The van der Waals surface area contributed by atoms with Crippen LogP contribution in [0.15, 0.2) is 45.3 Å². The number of furan rings is 1. The molecule has 0 aliphatic rings. The van der Waals surface area contributed by atoms with E-state index in [0.717, 1.165) is 10.2 Å². The van der Waals surface area contributed by atoms with Crippen LogP contribution >= 0.6 is 15.9 Å². The van der Waals surface area contributed by atoms with Gasteiger partial charge in [0.2, 0.25) is 0 Å². The van der Waals surface area contributed by atoms with Crippen LogP contribution < -0.4 is 5.32 Å². The minimum Gasteiger partial charge on any atom is -0.453 e. The first-order valence-electron chi connectivity index (χ1n) is 5.92. The Balaban J connectivity index is 1.99. The van der Waals surface area contributed by atoms with E-state index in [4.69, 9.17) is 9.15 Å². The number of ether oxygens (including phenoxy) is 1. The van der Waals surface area contributed by atoms with Crippen molar-refractivity contribution in [2.75, 3.05) is 11.9 Å². The van der Waals surface area contributed by atoms with Crippen molar-refractivity contribution in [2.24, 2.45) is 0 Å². The van der Waals surface area contributed by atoms with Gasteiger partial charge in [0.05, 0.1) is 0 Å². The highest BCUT2D eigenvalue weighted by Gasteiger charge is 2.11. The number of carbonyl (C=O) groups is 1. The van der Waals surface area contributed by atoms with Crippen LogP contribution in [0.1, 0.15) is 23.2 Å². The molecule has 19 heavy (non-hydrogen) atoms. The smallest absolute Gasteiger partial charge is 0.291 e. The summed E-state index contributed by atoms with van der Waals surface area (Å²) < 4.78 is 11.6. The maximum absolute atomic E-state index is 11.9. The molecule has 0 aliphatic carbocycles. The third-order valence-corrected chi connectivity index (χ3v) is 2.96. The molecule has 100 valence electrons. The molecule has 4 nitrogen and oxygen atoms in total. The molecule has 1 aromatic heterocycles. The molecule has 0 unspecified atom stereocenters. The predicted octanol–water partition coefficient (Wildman–Crippen LogP) is 3.83. The molecule has 5 heteroatoms. The van der Waals surface area contributed by atoms with E-state index < -0.39 is 0 Å². The molecule has 1 amide bonds. The average molecular weight is 324 g/mol. The van der Waals surface area contributed by atoms with E-state index in [1.807, 2.05) is 31.2 Å². The molecule has 0 saturated carbocycles. The third-order valence-electron chi connectivity index (χ3n) is 2.44. The van der Waals surface area contributed by atoms with E-state index in [1.165, 1.54) is 0 Å². The van der Waals surface area contributed by atoms with Gasteiger partial charge in [-0.25, -0.2) is 0 Å². The van der Waals surface area contributed by atoms with Crippen molar-refractivity contribution in [2.45, 2.75) is 13.5 Å². The number of anilines is 1. The van der Waals surface area contributed by atoms with Crippen LogP contribution in [0.25, 0.3) is 0 Å². The van der Waals surface area contributed by atoms with Gasteiger partial charge in [-0.15, -0.1) is 0 Å². The molecular formula is C14H14BrNO3. The Kier molecular flexibility index (Phi) is 4.76. The number of halogens is 1. The van der Waals surface area contributed by atoms with Crippen LogP contribution in [0.3, 0.4) is 0 Å². The number of nitrogens with one attached hydrogen (secondary N) is 1. The van der Waals surface area contributed by atoms with Gasteiger partial charge in [-0.2, -0.15) is 0 Å². The zero-order valence-electron chi connectivity index (χ0n) is 10.5. The zero-order valence-corrected chi connectivity index (χ0v) is 12.1. The van der Waals surface area contributed by atoms with Crippen molar-refractivity contribution in [1.29, 1.82) is 0 Å². The van der Waals surface area contributed by atoms with E-state index in [0.29, 0.717) is 19.0 Å². The largest absolute Gasteiger partial charge is 0.453 e. The monoisotopic (exact) mass is 323 g/mol. The molecule has 0 spiro atoms. The fourth-order valence-electron chi connectivity index (χ4n) is 1.51. The normalized spacial score (nSPS) is 10.4. The van der Waals surface area contributed by atoms with Crippen LogP contribution in [0.2, 0.25) is 0 Å². The van der Waals surface area contributed by atoms with Crippen LogP contribution in [-0.2, 0) is 11.3 Å². The van der Waals surface area contributed by atoms with Crippen molar-refractivity contribution in [1.82, 2.24) is 0 Å². The van der Waals surface area contributed by atoms with Crippen molar-refractivity contribution >= 4 is 27.5 Å². The molecule has 0 aliphatic heterocycles. The minimum absolute atomic E-state index is 0.273. The fourth-order valence-corrected chi connectivity index (χ4v) is 1.77. The first kappa shape index (κ1) is 13.8. The average Bonchev–Trinajstić information content (AvgIpc) is 2.88. The molecule has 0 fully saturated rings. The van der Waals surface area contributed by atoms with Gasteiger partial charge in [-0.1, -0.05) is 15.9 Å². The molecule has 0 saturated heterocycles. The van der Waals surface area contributed by atoms with Gasteiger partial charge in [-0.3, -0.25) is 4.79 Å². The minimum atomic E-state index is -0.273. The highest BCUT2D eigenvalue weighted by atomic mass is 79.9. The van der Waals surface area contributed by atoms with E-state index in [2.05, 4.69) is 21.2 Å². The second-order valence-electron chi connectivity index (χ2n) is 3.86. The topological polar surface area (TPSA) is 51.5 Å². The maximum Gasteiger partial charge on any atom is 0.291 e. The number of hydrogen-bond donors (Lipinski definition) is 1. The lowest BCUT2D eigenvalue weighted by molar-refractivity contribution is 0.0972. The molecule has 2 aromatic rings. The van der Waals surface area contributed by atoms with Crippen molar-refractivity contribution in [3.05, 3.63) is 52.4 Å². The van der Waals surface area contributed by atoms with Crippen LogP contribution in [0, 0.1) is 0 Å². The highest BCUT2D eigenvalue weighted by molar-refractivity contribution is 9.10. The SMILES string of the molecule is CCOCc1ccc(C(=O)Nc2ccc(Br)cc2)o1. The lowest BCUT2D eigenvalue weighted by Crippen LogP contribution is -2.10. The first-order chi connectivity index (χ1) is 9.19. The number of amides is 1. The Morgan fingerprint density at radius 1 is 1.26 bits per heavy atom. The van der Waals surface area contributed by atoms with Crippen LogP contribution in [0.5, 0.6) is 0 Å². The summed E-state index contributed by atoms with van der Waals surface area (Å²) in [5.41, 5.74) is 0.718. The molecule has 0 bridgehead atoms. The third kappa shape index (κ3) is 3.94. The maximum atomic E-state index is 11.9. The summed E-state index contributed by atoms with van der Waals surface area (Å²) in [6, 6.07) is 10.7. The molecule has 2 rings (SSSR count). The number of rotatable bonds is 5.